The first-order chi connectivity index (χ1) is 13.9. The van der Waals surface area contributed by atoms with Gasteiger partial charge in [-0.2, -0.15) is 0 Å². The van der Waals surface area contributed by atoms with Gasteiger partial charge in [-0.05, 0) is 106 Å². The van der Waals surface area contributed by atoms with Crippen molar-refractivity contribution in [3.8, 4) is 0 Å². The summed E-state index contributed by atoms with van der Waals surface area (Å²) in [6.07, 6.45) is 9.26. The van der Waals surface area contributed by atoms with Crippen molar-refractivity contribution >= 4 is 5.71 Å². The van der Waals surface area contributed by atoms with Gasteiger partial charge in [-0.3, -0.25) is 0 Å². The van der Waals surface area contributed by atoms with E-state index in [0.717, 1.165) is 77.3 Å². The fourth-order valence-electron chi connectivity index (χ4n) is 8.22. The number of piperidine rings is 1. The summed E-state index contributed by atoms with van der Waals surface area (Å²) < 4.78 is 15.7. The standard InChI is InChI=1S/C24H39FN2O2/c1-23-12-8-20(27-29-15-9-13-26-14-10-15)22(25)19(23)4-3-16-17-5-6-21(28)24(17,2)11-7-18(16)23/h15-19,21-22,26,28H,3-14H2,1-2H3/b27-20+/t16-,17-,18-,19?,21-,22-,23+,24-/m0/s1. The van der Waals surface area contributed by atoms with Gasteiger partial charge in [0.15, 0.2) is 0 Å². The highest BCUT2D eigenvalue weighted by Crippen LogP contribution is 2.66. The van der Waals surface area contributed by atoms with Gasteiger partial charge < -0.3 is 15.3 Å². The Morgan fingerprint density at radius 2 is 1.66 bits per heavy atom. The molecule has 1 heterocycles. The van der Waals surface area contributed by atoms with Crippen LogP contribution in [-0.4, -0.2) is 42.3 Å². The maximum atomic E-state index is 15.7. The molecule has 0 spiro atoms. The predicted molar refractivity (Wildman–Crippen MR) is 112 cm³/mol. The highest BCUT2D eigenvalue weighted by molar-refractivity contribution is 5.89. The third-order valence-corrected chi connectivity index (χ3v) is 10.1. The summed E-state index contributed by atoms with van der Waals surface area (Å²) in [5.41, 5.74) is 0.843. The summed E-state index contributed by atoms with van der Waals surface area (Å²) in [7, 11) is 0. The van der Waals surface area contributed by atoms with Crippen LogP contribution in [0.5, 0.6) is 0 Å². The van der Waals surface area contributed by atoms with Crippen molar-refractivity contribution in [3.05, 3.63) is 0 Å². The van der Waals surface area contributed by atoms with E-state index in [1.54, 1.807) is 0 Å². The molecule has 5 heteroatoms. The lowest BCUT2D eigenvalue weighted by Crippen LogP contribution is -2.57. The molecule has 0 radical (unpaired) electrons. The maximum Gasteiger partial charge on any atom is 0.145 e. The first-order valence-corrected chi connectivity index (χ1v) is 12.2. The largest absolute Gasteiger partial charge is 0.393 e. The topological polar surface area (TPSA) is 53.8 Å². The van der Waals surface area contributed by atoms with Crippen molar-refractivity contribution in [2.75, 3.05) is 13.1 Å². The minimum Gasteiger partial charge on any atom is -0.393 e. The molecule has 4 aliphatic carbocycles. The lowest BCUT2D eigenvalue weighted by Gasteiger charge is -2.60. The molecule has 1 aliphatic heterocycles. The Kier molecular flexibility index (Phi) is 5.22. The molecule has 4 saturated carbocycles. The summed E-state index contributed by atoms with van der Waals surface area (Å²) in [6.45, 7) is 6.63. The maximum absolute atomic E-state index is 15.7. The Morgan fingerprint density at radius 3 is 2.45 bits per heavy atom. The Balaban J connectivity index is 1.31. The zero-order valence-electron chi connectivity index (χ0n) is 18.2. The summed E-state index contributed by atoms with van der Waals surface area (Å²) in [5, 5.41) is 18.3. The second-order valence-corrected chi connectivity index (χ2v) is 11.2. The molecular formula is C24H39FN2O2. The average molecular weight is 407 g/mol. The predicted octanol–water partition coefficient (Wildman–Crippen LogP) is 4.46. The molecule has 2 N–H and O–H groups in total. The highest BCUT2D eigenvalue weighted by atomic mass is 19.1. The van der Waals surface area contributed by atoms with Gasteiger partial charge in [-0.25, -0.2) is 4.39 Å². The van der Waals surface area contributed by atoms with Crippen LogP contribution in [0.1, 0.15) is 78.1 Å². The molecule has 0 aromatic heterocycles. The van der Waals surface area contributed by atoms with Crippen LogP contribution in [0.4, 0.5) is 4.39 Å². The van der Waals surface area contributed by atoms with E-state index in [9.17, 15) is 5.11 Å². The van der Waals surface area contributed by atoms with Crippen LogP contribution in [0.2, 0.25) is 0 Å². The van der Waals surface area contributed by atoms with E-state index in [1.165, 1.54) is 0 Å². The molecule has 0 aromatic carbocycles. The number of halogens is 1. The minimum atomic E-state index is -0.945. The Hall–Kier alpha value is -0.680. The summed E-state index contributed by atoms with van der Waals surface area (Å²) in [6, 6.07) is 0. The molecule has 164 valence electrons. The van der Waals surface area contributed by atoms with Crippen molar-refractivity contribution in [2.45, 2.75) is 96.4 Å². The van der Waals surface area contributed by atoms with Gasteiger partial charge >= 0.3 is 0 Å². The zero-order valence-corrected chi connectivity index (χ0v) is 18.2. The molecule has 0 aromatic rings. The second-order valence-electron chi connectivity index (χ2n) is 11.2. The number of nitrogens with one attached hydrogen (secondary N) is 1. The number of hydrogen-bond acceptors (Lipinski definition) is 4. The number of hydrogen-bond donors (Lipinski definition) is 2. The lowest BCUT2D eigenvalue weighted by molar-refractivity contribution is -0.123. The van der Waals surface area contributed by atoms with Crippen molar-refractivity contribution < 1.29 is 14.3 Å². The van der Waals surface area contributed by atoms with Crippen molar-refractivity contribution in [1.82, 2.24) is 5.32 Å². The molecule has 0 amide bonds. The summed E-state index contributed by atoms with van der Waals surface area (Å²) >= 11 is 0. The second kappa shape index (κ2) is 7.47. The van der Waals surface area contributed by atoms with Crippen LogP contribution < -0.4 is 5.32 Å². The van der Waals surface area contributed by atoms with Gasteiger partial charge in [0.1, 0.15) is 12.3 Å². The normalized spacial score (nSPS) is 51.9. The first kappa shape index (κ1) is 20.2. The van der Waals surface area contributed by atoms with E-state index in [-0.39, 0.29) is 29.0 Å². The molecule has 5 fully saturated rings. The molecule has 0 bridgehead atoms. The van der Waals surface area contributed by atoms with Gasteiger partial charge in [-0.1, -0.05) is 19.0 Å². The molecule has 29 heavy (non-hydrogen) atoms. The Bertz CT molecular complexity index is 651. The van der Waals surface area contributed by atoms with Crippen LogP contribution in [0.15, 0.2) is 5.16 Å². The molecule has 5 rings (SSSR count). The van der Waals surface area contributed by atoms with E-state index >= 15 is 4.39 Å². The first-order valence-electron chi connectivity index (χ1n) is 12.2. The van der Waals surface area contributed by atoms with Gasteiger partial charge in [0, 0.05) is 5.92 Å². The Labute approximate surface area is 175 Å². The highest BCUT2D eigenvalue weighted by Gasteiger charge is 2.61. The number of fused-ring (bicyclic) bond motifs is 5. The van der Waals surface area contributed by atoms with E-state index in [0.29, 0.717) is 23.5 Å². The zero-order chi connectivity index (χ0) is 20.2. The minimum absolute atomic E-state index is 0.0744. The van der Waals surface area contributed by atoms with E-state index in [1.807, 2.05) is 0 Å². The number of oxime groups is 1. The van der Waals surface area contributed by atoms with Crippen LogP contribution in [0.25, 0.3) is 0 Å². The quantitative estimate of drug-likeness (QED) is 0.666. The van der Waals surface area contributed by atoms with E-state index in [4.69, 9.17) is 4.84 Å². The molecule has 5 aliphatic rings. The number of rotatable bonds is 2. The van der Waals surface area contributed by atoms with Crippen LogP contribution >= 0.6 is 0 Å². The van der Waals surface area contributed by atoms with Crippen LogP contribution in [0.3, 0.4) is 0 Å². The van der Waals surface area contributed by atoms with Gasteiger partial charge in [0.25, 0.3) is 0 Å². The SMILES string of the molecule is C[C@]12CC[C@H]3[C@@H](CCC4[C@H](F)/C(=N/OC5CCNCC5)CC[C@@]43C)[C@@H]1CC[C@@H]2O. The van der Waals surface area contributed by atoms with Gasteiger partial charge in [0.2, 0.25) is 0 Å². The fourth-order valence-corrected chi connectivity index (χ4v) is 8.22. The molecule has 1 saturated heterocycles. The van der Waals surface area contributed by atoms with Gasteiger partial charge in [-0.15, -0.1) is 0 Å². The van der Waals surface area contributed by atoms with Crippen LogP contribution in [0, 0.1) is 34.5 Å². The van der Waals surface area contributed by atoms with E-state index in [2.05, 4.69) is 24.3 Å². The summed E-state index contributed by atoms with van der Waals surface area (Å²) in [5.74, 6) is 1.99. The molecule has 4 nitrogen and oxygen atoms in total. The fraction of sp³-hybridized carbons (Fsp3) is 0.958. The van der Waals surface area contributed by atoms with Crippen molar-refractivity contribution in [3.63, 3.8) is 0 Å². The number of aliphatic hydroxyl groups excluding tert-OH is 1. The van der Waals surface area contributed by atoms with Crippen LogP contribution in [-0.2, 0) is 4.84 Å². The van der Waals surface area contributed by atoms with Gasteiger partial charge in [0.05, 0.1) is 11.8 Å². The lowest BCUT2D eigenvalue weighted by atomic mass is 9.45. The monoisotopic (exact) mass is 406 g/mol. The third-order valence-electron chi connectivity index (χ3n) is 10.1. The molecule has 8 atom stereocenters. The van der Waals surface area contributed by atoms with E-state index < -0.39 is 6.17 Å². The number of aliphatic hydroxyl groups is 1. The molecule has 1 unspecified atom stereocenters. The van der Waals surface area contributed by atoms with Crippen molar-refractivity contribution in [2.24, 2.45) is 39.7 Å². The number of nitrogens with zero attached hydrogens (tertiary/aromatic N) is 1. The summed E-state index contributed by atoms with van der Waals surface area (Å²) in [4.78, 5) is 5.77. The Morgan fingerprint density at radius 1 is 0.931 bits per heavy atom. The van der Waals surface area contributed by atoms with Crippen molar-refractivity contribution in [1.29, 1.82) is 0 Å². The molecular weight excluding hydrogens is 367 g/mol. The number of alkyl halides is 1. The average Bonchev–Trinajstić information content (AvgIpc) is 3.03. The smallest absolute Gasteiger partial charge is 0.145 e. The third kappa shape index (κ3) is 3.17.